The lowest BCUT2D eigenvalue weighted by atomic mass is 9.73. The minimum Gasteiger partial charge on any atom is -0.392 e. The topological polar surface area (TPSA) is 131 Å². The first kappa shape index (κ1) is 26.9. The normalized spacial score (nSPS) is 25.3. The number of carbonyl (C=O) groups excluding carboxylic acids is 1. The molecule has 5 rings (SSSR count). The monoisotopic (exact) mass is 563 g/mol. The van der Waals surface area contributed by atoms with Gasteiger partial charge in [-0.3, -0.25) is 9.36 Å². The van der Waals surface area contributed by atoms with Crippen molar-refractivity contribution in [2.45, 2.75) is 77.0 Å². The van der Waals surface area contributed by atoms with Crippen molar-refractivity contribution in [1.29, 1.82) is 0 Å². The molecule has 0 aliphatic heterocycles. The van der Waals surface area contributed by atoms with Crippen molar-refractivity contribution in [3.8, 4) is 0 Å². The number of nitrogens with two attached hydrogens (primary N) is 1. The number of primary amides is 1. The highest BCUT2D eigenvalue weighted by Gasteiger charge is 2.35. The lowest BCUT2D eigenvalue weighted by Gasteiger charge is -2.39. The number of imidazole rings is 1. The lowest BCUT2D eigenvalue weighted by Crippen LogP contribution is -2.41. The molecule has 1 aromatic carbocycles. The zero-order valence-corrected chi connectivity index (χ0v) is 22.9. The summed E-state index contributed by atoms with van der Waals surface area (Å²) in [6, 6.07) is 2.40. The van der Waals surface area contributed by atoms with Gasteiger partial charge in [-0.15, -0.1) is 0 Å². The fourth-order valence-electron chi connectivity index (χ4n) is 5.52. The number of rotatable bonds is 6. The molecule has 1 unspecified atom stereocenters. The Kier molecular flexibility index (Phi) is 7.41. The van der Waals surface area contributed by atoms with Crippen molar-refractivity contribution in [3.63, 3.8) is 0 Å². The summed E-state index contributed by atoms with van der Waals surface area (Å²) in [6.07, 6.45) is 6.36. The maximum atomic E-state index is 13.8. The largest absolute Gasteiger partial charge is 0.392 e. The molecule has 1 amide bonds. The first-order valence-corrected chi connectivity index (χ1v) is 13.7. The third-order valence-electron chi connectivity index (χ3n) is 8.02. The Bertz CT molecular complexity index is 1330. The molecule has 2 aromatic heterocycles. The van der Waals surface area contributed by atoms with Crippen molar-refractivity contribution < 1.29 is 14.3 Å². The minimum absolute atomic E-state index is 0.0175. The molecule has 2 atom stereocenters. The average molecular weight is 564 g/mol. The van der Waals surface area contributed by atoms with Gasteiger partial charge in [-0.05, 0) is 62.5 Å². The maximum Gasteiger partial charge on any atom is 0.224 e. The quantitative estimate of drug-likeness (QED) is 0.307. The van der Waals surface area contributed by atoms with Crippen LogP contribution in [0.1, 0.15) is 64.8 Å². The SMILES string of the molecule is CC1(C)CCC(Nc2ncc3nc(Nc4c(Cl)cc(F)cc4Cl)n([C@H]4CC[C@@H](C(N)=O)CC4)c3n2)C[C@H]1O. The average Bonchev–Trinajstić information content (AvgIpc) is 3.21. The van der Waals surface area contributed by atoms with Gasteiger partial charge in [0.15, 0.2) is 5.65 Å². The highest BCUT2D eigenvalue weighted by molar-refractivity contribution is 6.39. The Morgan fingerprint density at radius 2 is 1.84 bits per heavy atom. The smallest absolute Gasteiger partial charge is 0.224 e. The minimum atomic E-state index is -0.540. The van der Waals surface area contributed by atoms with Gasteiger partial charge in [0.1, 0.15) is 11.3 Å². The summed E-state index contributed by atoms with van der Waals surface area (Å²) in [5.41, 5.74) is 6.95. The van der Waals surface area contributed by atoms with Gasteiger partial charge < -0.3 is 21.5 Å². The number of halogens is 3. The van der Waals surface area contributed by atoms with Crippen LogP contribution in [0.3, 0.4) is 0 Å². The van der Waals surface area contributed by atoms with Crippen LogP contribution in [0.25, 0.3) is 11.2 Å². The highest BCUT2D eigenvalue weighted by Crippen LogP contribution is 2.40. The lowest BCUT2D eigenvalue weighted by molar-refractivity contribution is -0.122. The molecule has 9 nitrogen and oxygen atoms in total. The van der Waals surface area contributed by atoms with E-state index in [2.05, 4.69) is 29.5 Å². The second kappa shape index (κ2) is 10.5. The summed E-state index contributed by atoms with van der Waals surface area (Å²) in [4.78, 5) is 25.8. The van der Waals surface area contributed by atoms with Crippen molar-refractivity contribution in [2.24, 2.45) is 17.1 Å². The van der Waals surface area contributed by atoms with E-state index in [4.69, 9.17) is 38.9 Å². The first-order valence-electron chi connectivity index (χ1n) is 12.9. The van der Waals surface area contributed by atoms with Crippen LogP contribution < -0.4 is 16.4 Å². The fraction of sp³-hybridized carbons (Fsp3) is 0.538. The van der Waals surface area contributed by atoms with E-state index in [0.29, 0.717) is 60.9 Å². The number of hydrogen-bond acceptors (Lipinski definition) is 7. The molecule has 0 spiro atoms. The van der Waals surface area contributed by atoms with Crippen LogP contribution in [0.4, 0.5) is 22.0 Å². The Morgan fingerprint density at radius 1 is 1.16 bits per heavy atom. The van der Waals surface area contributed by atoms with Gasteiger partial charge in [0, 0.05) is 18.0 Å². The second-order valence-electron chi connectivity index (χ2n) is 11.1. The van der Waals surface area contributed by atoms with Gasteiger partial charge in [-0.25, -0.2) is 14.4 Å². The summed E-state index contributed by atoms with van der Waals surface area (Å²) in [5, 5.41) is 17.4. The molecular weight excluding hydrogens is 532 g/mol. The van der Waals surface area contributed by atoms with Gasteiger partial charge >= 0.3 is 0 Å². The Hall–Kier alpha value is -2.69. The molecule has 5 N–H and O–H groups in total. The summed E-state index contributed by atoms with van der Waals surface area (Å²) in [7, 11) is 0. The maximum absolute atomic E-state index is 13.8. The number of anilines is 3. The van der Waals surface area contributed by atoms with E-state index in [-0.39, 0.29) is 39.4 Å². The van der Waals surface area contributed by atoms with E-state index >= 15 is 0 Å². The third kappa shape index (κ3) is 5.39. The fourth-order valence-corrected chi connectivity index (χ4v) is 6.07. The van der Waals surface area contributed by atoms with Gasteiger partial charge in [0.05, 0.1) is 28.0 Å². The van der Waals surface area contributed by atoms with Crippen molar-refractivity contribution >= 4 is 57.9 Å². The summed E-state index contributed by atoms with van der Waals surface area (Å²) in [6.45, 7) is 4.16. The molecule has 2 heterocycles. The van der Waals surface area contributed by atoms with E-state index < -0.39 is 11.9 Å². The highest BCUT2D eigenvalue weighted by atomic mass is 35.5. The van der Waals surface area contributed by atoms with E-state index in [1.54, 1.807) is 6.20 Å². The van der Waals surface area contributed by atoms with Crippen molar-refractivity contribution in [1.82, 2.24) is 19.5 Å². The van der Waals surface area contributed by atoms with E-state index in [9.17, 15) is 14.3 Å². The Balaban J connectivity index is 1.49. The number of aromatic nitrogens is 4. The number of fused-ring (bicyclic) bond motifs is 1. The molecule has 2 saturated carbocycles. The number of aliphatic hydroxyl groups is 1. The molecule has 204 valence electrons. The number of benzene rings is 1. The van der Waals surface area contributed by atoms with E-state index in [1.165, 1.54) is 12.1 Å². The van der Waals surface area contributed by atoms with Crippen LogP contribution in [-0.2, 0) is 4.79 Å². The molecule has 0 radical (unpaired) electrons. The molecule has 0 saturated heterocycles. The molecular formula is C26H32Cl2FN7O2. The van der Waals surface area contributed by atoms with Crippen molar-refractivity contribution in [3.05, 3.63) is 34.2 Å². The van der Waals surface area contributed by atoms with Crippen LogP contribution in [0.15, 0.2) is 18.3 Å². The zero-order valence-electron chi connectivity index (χ0n) is 21.3. The third-order valence-corrected chi connectivity index (χ3v) is 8.62. The number of amides is 1. The molecule has 2 aliphatic carbocycles. The number of aliphatic hydroxyl groups excluding tert-OH is 1. The molecule has 12 heteroatoms. The van der Waals surface area contributed by atoms with Gasteiger partial charge in [0.2, 0.25) is 17.8 Å². The van der Waals surface area contributed by atoms with Crippen LogP contribution in [0, 0.1) is 17.2 Å². The van der Waals surface area contributed by atoms with E-state index in [1.807, 2.05) is 4.57 Å². The number of carbonyl (C=O) groups is 1. The predicted octanol–water partition coefficient (Wildman–Crippen LogP) is 5.58. The predicted molar refractivity (Wildman–Crippen MR) is 146 cm³/mol. The van der Waals surface area contributed by atoms with Gasteiger partial charge in [0.25, 0.3) is 0 Å². The van der Waals surface area contributed by atoms with Crippen LogP contribution in [0.5, 0.6) is 0 Å². The van der Waals surface area contributed by atoms with E-state index in [0.717, 1.165) is 12.8 Å². The van der Waals surface area contributed by atoms with Gasteiger partial charge in [-0.1, -0.05) is 37.0 Å². The number of hydrogen-bond donors (Lipinski definition) is 4. The standard InChI is InChI=1S/C26H32Cl2FN7O2/c1-26(2)8-7-15(11-20(26)37)32-24-31-12-19-23(35-24)36(16-5-3-13(4-6-16)22(30)38)25(33-19)34-21-17(27)9-14(29)10-18(21)28/h9-10,12-13,15-16,20,37H,3-8,11H2,1-2H3,(H2,30,38)(H,33,34)(H,31,32,35)/t13-,15?,16+,20-/m1/s1. The van der Waals surface area contributed by atoms with Gasteiger partial charge in [-0.2, -0.15) is 4.98 Å². The van der Waals surface area contributed by atoms with Crippen LogP contribution in [-0.4, -0.2) is 42.7 Å². The molecule has 38 heavy (non-hydrogen) atoms. The zero-order chi connectivity index (χ0) is 27.2. The number of nitrogens with zero attached hydrogens (tertiary/aromatic N) is 4. The Morgan fingerprint density at radius 3 is 2.47 bits per heavy atom. The molecule has 2 aliphatic rings. The summed E-state index contributed by atoms with van der Waals surface area (Å²) in [5.74, 6) is -0.0901. The summed E-state index contributed by atoms with van der Waals surface area (Å²) >= 11 is 12.6. The van der Waals surface area contributed by atoms with Crippen molar-refractivity contribution in [2.75, 3.05) is 10.6 Å². The molecule has 2 fully saturated rings. The first-order chi connectivity index (χ1) is 18.0. The molecule has 0 bridgehead atoms. The Labute approximate surface area is 230 Å². The van der Waals surface area contributed by atoms with Crippen LogP contribution >= 0.6 is 23.2 Å². The summed E-state index contributed by atoms with van der Waals surface area (Å²) < 4.78 is 15.8. The number of nitrogens with one attached hydrogen (secondary N) is 2. The second-order valence-corrected chi connectivity index (χ2v) is 11.9. The molecule has 3 aromatic rings. The van der Waals surface area contributed by atoms with Crippen LogP contribution in [0.2, 0.25) is 10.0 Å².